The fourth-order valence-electron chi connectivity index (χ4n) is 1.69. The first-order valence-corrected chi connectivity index (χ1v) is 17.0. The van der Waals surface area contributed by atoms with Crippen molar-refractivity contribution in [3.8, 4) is 0 Å². The van der Waals surface area contributed by atoms with Crippen LogP contribution in [0.3, 0.4) is 0 Å². The molecule has 7 heteroatoms. The van der Waals surface area contributed by atoms with E-state index in [1.807, 2.05) is 0 Å². The van der Waals surface area contributed by atoms with Crippen LogP contribution in [0.1, 0.15) is 54.4 Å². The molecule has 1 atom stereocenters. The third-order valence-electron chi connectivity index (χ3n) is 5.66. The predicted octanol–water partition coefficient (Wildman–Crippen LogP) is 4.77. The summed E-state index contributed by atoms with van der Waals surface area (Å²) in [5.74, 6) is 0.488. The maximum atomic E-state index is 12.5. The molecule has 0 bridgehead atoms. The van der Waals surface area contributed by atoms with Gasteiger partial charge in [0, 0.05) is 28.7 Å². The van der Waals surface area contributed by atoms with E-state index >= 15 is 0 Å². The average Bonchev–Trinajstić information content (AvgIpc) is 2.37. The van der Waals surface area contributed by atoms with Crippen LogP contribution >= 0.6 is 0 Å². The molecule has 2 N–H and O–H groups in total. The highest BCUT2D eigenvalue weighted by molar-refractivity contribution is 7.99. The van der Waals surface area contributed by atoms with Gasteiger partial charge in [-0.05, 0) is 54.5 Å². The third-order valence-corrected chi connectivity index (χ3v) is 16.5. The van der Waals surface area contributed by atoms with E-state index in [9.17, 15) is 4.21 Å². The summed E-state index contributed by atoms with van der Waals surface area (Å²) in [4.78, 5) is 0. The SMILES string of the molecule is CC(C)(C)[Si](C)(C)OCCC=S(N)(=O)CCCO[Si](C)(C)C(C)(C)C. The molecule has 0 saturated carbocycles. The zero-order valence-electron chi connectivity index (χ0n) is 18.3. The summed E-state index contributed by atoms with van der Waals surface area (Å²) in [5, 5.41) is 8.12. The van der Waals surface area contributed by atoms with Crippen LogP contribution in [0.15, 0.2) is 0 Å². The van der Waals surface area contributed by atoms with E-state index in [1.165, 1.54) is 0 Å². The molecule has 0 aromatic carbocycles. The molecule has 0 rings (SSSR count). The van der Waals surface area contributed by atoms with Gasteiger partial charge in [0.2, 0.25) is 0 Å². The van der Waals surface area contributed by atoms with Crippen LogP contribution in [0.25, 0.3) is 0 Å². The topological polar surface area (TPSA) is 61.5 Å². The molecule has 0 spiro atoms. The first-order chi connectivity index (χ1) is 10.9. The summed E-state index contributed by atoms with van der Waals surface area (Å²) in [6.07, 6.45) is 1.38. The highest BCUT2D eigenvalue weighted by Gasteiger charge is 2.37. The minimum Gasteiger partial charge on any atom is -0.417 e. The number of rotatable bonds is 9. The minimum atomic E-state index is -2.39. The first-order valence-electron chi connectivity index (χ1n) is 9.32. The summed E-state index contributed by atoms with van der Waals surface area (Å²) in [6, 6.07) is 0. The largest absolute Gasteiger partial charge is 0.417 e. The summed E-state index contributed by atoms with van der Waals surface area (Å²) in [6.45, 7) is 23.5. The molecule has 0 aromatic heterocycles. The maximum Gasteiger partial charge on any atom is 0.191 e. The van der Waals surface area contributed by atoms with Crippen LogP contribution in [0.4, 0.5) is 0 Å². The van der Waals surface area contributed by atoms with Gasteiger partial charge in [0.05, 0.1) is 0 Å². The minimum absolute atomic E-state index is 0.193. The fraction of sp³-hybridized carbons (Fsp3) is 0.944. The summed E-state index contributed by atoms with van der Waals surface area (Å²) in [7, 11) is -5.86. The summed E-state index contributed by atoms with van der Waals surface area (Å²) >= 11 is 0. The lowest BCUT2D eigenvalue weighted by Crippen LogP contribution is -2.41. The number of nitrogens with two attached hydrogens (primary N) is 1. The lowest BCUT2D eigenvalue weighted by Gasteiger charge is -2.36. The molecular weight excluding hydrogens is 366 g/mol. The van der Waals surface area contributed by atoms with Crippen LogP contribution in [0.5, 0.6) is 0 Å². The Morgan fingerprint density at radius 2 is 1.28 bits per heavy atom. The molecule has 0 radical (unpaired) electrons. The van der Waals surface area contributed by atoms with Crippen molar-refractivity contribution in [1.29, 1.82) is 0 Å². The monoisotopic (exact) mass is 409 g/mol. The van der Waals surface area contributed by atoms with Crippen LogP contribution in [-0.4, -0.2) is 45.2 Å². The second-order valence-corrected chi connectivity index (χ2v) is 21.9. The van der Waals surface area contributed by atoms with Crippen molar-refractivity contribution in [2.24, 2.45) is 5.14 Å². The zero-order chi connectivity index (χ0) is 20.2. The van der Waals surface area contributed by atoms with Crippen molar-refractivity contribution < 1.29 is 13.1 Å². The van der Waals surface area contributed by atoms with Crippen LogP contribution < -0.4 is 5.14 Å². The molecule has 4 nitrogen and oxygen atoms in total. The van der Waals surface area contributed by atoms with Gasteiger partial charge in [-0.2, -0.15) is 0 Å². The van der Waals surface area contributed by atoms with Crippen molar-refractivity contribution in [2.45, 2.75) is 90.6 Å². The van der Waals surface area contributed by atoms with E-state index in [0.717, 1.165) is 6.42 Å². The molecule has 152 valence electrons. The molecule has 0 heterocycles. The predicted molar refractivity (Wildman–Crippen MR) is 119 cm³/mol. The molecule has 0 aliphatic carbocycles. The molecule has 0 aliphatic heterocycles. The van der Waals surface area contributed by atoms with Gasteiger partial charge in [0.15, 0.2) is 16.6 Å². The number of hydrogen-bond acceptors (Lipinski definition) is 3. The lowest BCUT2D eigenvalue weighted by molar-refractivity contribution is 0.288. The normalized spacial score (nSPS) is 16.6. The highest BCUT2D eigenvalue weighted by Crippen LogP contribution is 2.37. The molecule has 0 fully saturated rings. The van der Waals surface area contributed by atoms with Crippen molar-refractivity contribution in [1.82, 2.24) is 0 Å². The standard InChI is InChI=1S/C18H43NO3SSi2/c1-17(2,3)24(7,8)21-13-11-15-23(19,20)16-12-14-22-25(9,10)18(4,5)6/h15H,11-14,16H2,1-10H3,(H2,19,20). The van der Waals surface area contributed by atoms with Crippen molar-refractivity contribution in [3.05, 3.63) is 0 Å². The Balaban J connectivity index is 4.33. The fourth-order valence-corrected chi connectivity index (χ4v) is 5.07. The van der Waals surface area contributed by atoms with Gasteiger partial charge in [-0.1, -0.05) is 41.5 Å². The lowest BCUT2D eigenvalue weighted by atomic mass is 10.2. The van der Waals surface area contributed by atoms with Gasteiger partial charge in [-0.25, -0.2) is 0 Å². The maximum absolute atomic E-state index is 12.5. The number of hydrogen-bond donors (Lipinski definition) is 1. The Kier molecular flexibility index (Phi) is 9.14. The van der Waals surface area contributed by atoms with E-state index < -0.39 is 26.3 Å². The quantitative estimate of drug-likeness (QED) is 0.339. The van der Waals surface area contributed by atoms with Gasteiger partial charge in [0.25, 0.3) is 0 Å². The molecular formula is C18H43NO3SSi2. The first kappa shape index (κ1) is 25.3. The molecule has 0 aliphatic rings. The molecule has 1 unspecified atom stereocenters. The van der Waals surface area contributed by atoms with Gasteiger partial charge < -0.3 is 8.85 Å². The van der Waals surface area contributed by atoms with Crippen LogP contribution in [0.2, 0.25) is 36.3 Å². The molecule has 0 amide bonds. The smallest absolute Gasteiger partial charge is 0.191 e. The van der Waals surface area contributed by atoms with Gasteiger partial charge in [-0.15, -0.1) is 0 Å². The average molecular weight is 410 g/mol. The van der Waals surface area contributed by atoms with Crippen LogP contribution in [-0.2, 0) is 18.6 Å². The van der Waals surface area contributed by atoms with E-state index in [1.54, 1.807) is 5.37 Å². The van der Waals surface area contributed by atoms with Gasteiger partial charge in [-0.3, -0.25) is 9.35 Å². The van der Waals surface area contributed by atoms with Crippen molar-refractivity contribution >= 4 is 31.7 Å². The van der Waals surface area contributed by atoms with E-state index in [4.69, 9.17) is 14.0 Å². The highest BCUT2D eigenvalue weighted by atomic mass is 32.2. The van der Waals surface area contributed by atoms with Gasteiger partial charge >= 0.3 is 0 Å². The van der Waals surface area contributed by atoms with Crippen molar-refractivity contribution in [2.75, 3.05) is 19.0 Å². The zero-order valence-corrected chi connectivity index (χ0v) is 21.1. The third kappa shape index (κ3) is 9.19. The van der Waals surface area contributed by atoms with E-state index in [2.05, 4.69) is 67.7 Å². The summed E-state index contributed by atoms with van der Waals surface area (Å²) in [5.41, 5.74) is 0. The van der Waals surface area contributed by atoms with Crippen molar-refractivity contribution in [3.63, 3.8) is 0 Å². The summed E-state index contributed by atoms with van der Waals surface area (Å²) < 4.78 is 24.7. The van der Waals surface area contributed by atoms with E-state index in [-0.39, 0.29) is 10.1 Å². The Morgan fingerprint density at radius 3 is 1.68 bits per heavy atom. The second kappa shape index (κ2) is 9.02. The Hall–Kier alpha value is 0.334. The molecule has 25 heavy (non-hydrogen) atoms. The second-order valence-electron chi connectivity index (χ2n) is 10.0. The van der Waals surface area contributed by atoms with Crippen LogP contribution in [0, 0.1) is 0 Å². The Labute approximate surface area is 159 Å². The Morgan fingerprint density at radius 1 is 0.880 bits per heavy atom. The molecule has 0 saturated heterocycles. The molecule has 0 aromatic rings. The van der Waals surface area contributed by atoms with E-state index in [0.29, 0.717) is 25.4 Å². The van der Waals surface area contributed by atoms with Gasteiger partial charge in [0.1, 0.15) is 0 Å². The Bertz CT molecular complexity index is 525.